The average molecular weight is 270 g/mol. The first-order valence-corrected chi connectivity index (χ1v) is 6.32. The van der Waals surface area contributed by atoms with E-state index in [0.29, 0.717) is 17.0 Å². The zero-order valence-electron chi connectivity index (χ0n) is 11.9. The van der Waals surface area contributed by atoms with Crippen molar-refractivity contribution < 1.29 is 9.53 Å². The van der Waals surface area contributed by atoms with Crippen LogP contribution in [-0.4, -0.2) is 20.1 Å². The Morgan fingerprint density at radius 1 is 1.15 bits per heavy atom. The summed E-state index contributed by atoms with van der Waals surface area (Å²) in [4.78, 5) is 14.2. The number of methoxy groups -OCH3 is 1. The molecule has 2 N–H and O–H groups in total. The largest absolute Gasteiger partial charge is 0.495 e. The van der Waals surface area contributed by atoms with Crippen LogP contribution in [-0.2, 0) is 0 Å². The number of nitrogen functional groups attached to an aromatic ring is 1. The lowest BCUT2D eigenvalue weighted by molar-refractivity contribution is 0.0992. The van der Waals surface area contributed by atoms with Crippen molar-refractivity contribution in [1.29, 1.82) is 0 Å². The van der Waals surface area contributed by atoms with Crippen LogP contribution in [0.15, 0.2) is 42.5 Å². The number of rotatable bonds is 3. The Labute approximate surface area is 118 Å². The molecule has 0 aliphatic carbocycles. The van der Waals surface area contributed by atoms with Crippen molar-refractivity contribution >= 4 is 17.3 Å². The van der Waals surface area contributed by atoms with Gasteiger partial charge in [-0.2, -0.15) is 0 Å². The van der Waals surface area contributed by atoms with Gasteiger partial charge in [-0.15, -0.1) is 0 Å². The van der Waals surface area contributed by atoms with E-state index in [4.69, 9.17) is 10.5 Å². The summed E-state index contributed by atoms with van der Waals surface area (Å²) in [6.07, 6.45) is 0. The van der Waals surface area contributed by atoms with Gasteiger partial charge in [0, 0.05) is 18.3 Å². The maximum absolute atomic E-state index is 12.6. The molecule has 0 spiro atoms. The van der Waals surface area contributed by atoms with Crippen LogP contribution in [0.25, 0.3) is 0 Å². The molecule has 0 saturated heterocycles. The Kier molecular flexibility index (Phi) is 3.94. The zero-order valence-corrected chi connectivity index (χ0v) is 11.9. The molecule has 0 unspecified atom stereocenters. The molecule has 104 valence electrons. The minimum atomic E-state index is -0.112. The lowest BCUT2D eigenvalue weighted by Gasteiger charge is -2.21. The number of hydrogen-bond acceptors (Lipinski definition) is 3. The molecule has 0 aliphatic rings. The van der Waals surface area contributed by atoms with Crippen LogP contribution in [0.5, 0.6) is 5.75 Å². The number of hydrogen-bond donors (Lipinski definition) is 1. The van der Waals surface area contributed by atoms with E-state index in [9.17, 15) is 4.79 Å². The number of anilines is 2. The number of carbonyl (C=O) groups is 1. The molecule has 0 radical (unpaired) electrons. The Bertz CT molecular complexity index is 638. The van der Waals surface area contributed by atoms with Gasteiger partial charge in [-0.1, -0.05) is 18.2 Å². The second-order valence-corrected chi connectivity index (χ2v) is 4.56. The highest BCUT2D eigenvalue weighted by Gasteiger charge is 2.18. The van der Waals surface area contributed by atoms with Crippen molar-refractivity contribution in [2.75, 3.05) is 24.8 Å². The standard InChI is InChI=1S/C16H18N2O2/c1-11-12(7-6-8-13(11)17)16(19)18(2)14-9-4-5-10-15(14)20-3/h4-10H,17H2,1-3H3. The number of ether oxygens (including phenoxy) is 1. The van der Waals surface area contributed by atoms with Crippen LogP contribution in [0.4, 0.5) is 11.4 Å². The van der Waals surface area contributed by atoms with Gasteiger partial charge in [-0.25, -0.2) is 0 Å². The van der Waals surface area contributed by atoms with E-state index in [1.807, 2.05) is 31.2 Å². The number of nitrogens with zero attached hydrogens (tertiary/aromatic N) is 1. The van der Waals surface area contributed by atoms with Crippen LogP contribution < -0.4 is 15.4 Å². The highest BCUT2D eigenvalue weighted by molar-refractivity contribution is 6.08. The maximum Gasteiger partial charge on any atom is 0.258 e. The predicted octanol–water partition coefficient (Wildman–Crippen LogP) is 2.86. The van der Waals surface area contributed by atoms with Gasteiger partial charge in [0.05, 0.1) is 12.8 Å². The Morgan fingerprint density at radius 3 is 2.55 bits per heavy atom. The maximum atomic E-state index is 12.6. The van der Waals surface area contributed by atoms with Crippen LogP contribution in [0.3, 0.4) is 0 Å². The Hall–Kier alpha value is -2.49. The van der Waals surface area contributed by atoms with Crippen molar-refractivity contribution in [3.05, 3.63) is 53.6 Å². The summed E-state index contributed by atoms with van der Waals surface area (Å²) in [5.41, 5.74) is 8.58. The van der Waals surface area contributed by atoms with Gasteiger partial charge < -0.3 is 15.4 Å². The first-order valence-electron chi connectivity index (χ1n) is 6.32. The highest BCUT2D eigenvalue weighted by Crippen LogP contribution is 2.28. The quantitative estimate of drug-likeness (QED) is 0.872. The van der Waals surface area contributed by atoms with E-state index in [1.54, 1.807) is 37.3 Å². The minimum absolute atomic E-state index is 0.112. The number of carbonyl (C=O) groups excluding carboxylic acids is 1. The molecule has 0 atom stereocenters. The molecule has 1 amide bonds. The second kappa shape index (κ2) is 5.65. The van der Waals surface area contributed by atoms with E-state index >= 15 is 0 Å². The van der Waals surface area contributed by atoms with Crippen LogP contribution in [0.2, 0.25) is 0 Å². The second-order valence-electron chi connectivity index (χ2n) is 4.56. The fourth-order valence-electron chi connectivity index (χ4n) is 2.08. The van der Waals surface area contributed by atoms with Crippen LogP contribution in [0, 0.1) is 6.92 Å². The Morgan fingerprint density at radius 2 is 1.85 bits per heavy atom. The topological polar surface area (TPSA) is 55.6 Å². The number of amides is 1. The van der Waals surface area contributed by atoms with Gasteiger partial charge in [-0.05, 0) is 36.8 Å². The molecule has 0 aliphatic heterocycles. The monoisotopic (exact) mass is 270 g/mol. The molecule has 2 aromatic carbocycles. The fourth-order valence-corrected chi connectivity index (χ4v) is 2.08. The van der Waals surface area contributed by atoms with E-state index < -0.39 is 0 Å². The van der Waals surface area contributed by atoms with Crippen molar-refractivity contribution in [2.45, 2.75) is 6.92 Å². The van der Waals surface area contributed by atoms with Crippen molar-refractivity contribution in [3.63, 3.8) is 0 Å². The van der Waals surface area contributed by atoms with Gasteiger partial charge in [0.25, 0.3) is 5.91 Å². The summed E-state index contributed by atoms with van der Waals surface area (Å²) in [6.45, 7) is 1.85. The smallest absolute Gasteiger partial charge is 0.258 e. The van der Waals surface area contributed by atoms with Crippen molar-refractivity contribution in [2.24, 2.45) is 0 Å². The third-order valence-electron chi connectivity index (χ3n) is 3.36. The summed E-state index contributed by atoms with van der Waals surface area (Å²) in [6, 6.07) is 12.8. The van der Waals surface area contributed by atoms with Crippen molar-refractivity contribution in [3.8, 4) is 5.75 Å². The SMILES string of the molecule is COc1ccccc1N(C)C(=O)c1cccc(N)c1C. The van der Waals surface area contributed by atoms with Crippen molar-refractivity contribution in [1.82, 2.24) is 0 Å². The molecule has 4 heteroatoms. The third kappa shape index (κ3) is 2.45. The molecule has 2 rings (SSSR count). The summed E-state index contributed by atoms with van der Waals surface area (Å²) in [7, 11) is 3.31. The molecule has 2 aromatic rings. The van der Waals surface area contributed by atoms with Gasteiger partial charge in [0.1, 0.15) is 5.75 Å². The summed E-state index contributed by atoms with van der Waals surface area (Å²) < 4.78 is 5.29. The average Bonchev–Trinajstić information content (AvgIpc) is 2.48. The van der Waals surface area contributed by atoms with Gasteiger partial charge in [0.15, 0.2) is 0 Å². The van der Waals surface area contributed by atoms with E-state index in [1.165, 1.54) is 0 Å². The van der Waals surface area contributed by atoms with E-state index in [-0.39, 0.29) is 5.91 Å². The molecule has 0 bridgehead atoms. The molecule has 20 heavy (non-hydrogen) atoms. The summed E-state index contributed by atoms with van der Waals surface area (Å²) >= 11 is 0. The lowest BCUT2D eigenvalue weighted by atomic mass is 10.1. The van der Waals surface area contributed by atoms with Crippen LogP contribution >= 0.6 is 0 Å². The van der Waals surface area contributed by atoms with Gasteiger partial charge >= 0.3 is 0 Å². The number of benzene rings is 2. The predicted molar refractivity (Wildman–Crippen MR) is 81.3 cm³/mol. The number of para-hydroxylation sites is 2. The Balaban J connectivity index is 2.40. The molecular weight excluding hydrogens is 252 g/mol. The molecular formula is C16H18N2O2. The summed E-state index contributed by atoms with van der Waals surface area (Å²) in [5.74, 6) is 0.546. The van der Waals surface area contributed by atoms with Gasteiger partial charge in [-0.3, -0.25) is 4.79 Å². The lowest BCUT2D eigenvalue weighted by Crippen LogP contribution is -2.27. The van der Waals surface area contributed by atoms with Crippen LogP contribution in [0.1, 0.15) is 15.9 Å². The summed E-state index contributed by atoms with van der Waals surface area (Å²) in [5, 5.41) is 0. The van der Waals surface area contributed by atoms with E-state index in [2.05, 4.69) is 0 Å². The molecule has 0 aromatic heterocycles. The third-order valence-corrected chi connectivity index (χ3v) is 3.36. The normalized spacial score (nSPS) is 10.2. The molecule has 4 nitrogen and oxygen atoms in total. The molecule has 0 fully saturated rings. The fraction of sp³-hybridized carbons (Fsp3) is 0.188. The van der Waals surface area contributed by atoms with E-state index in [0.717, 1.165) is 11.3 Å². The molecule has 0 saturated carbocycles. The molecule has 0 heterocycles. The minimum Gasteiger partial charge on any atom is -0.495 e. The number of nitrogens with two attached hydrogens (primary N) is 1. The zero-order chi connectivity index (χ0) is 14.7. The first kappa shape index (κ1) is 13.9. The first-order chi connectivity index (χ1) is 9.56. The highest BCUT2D eigenvalue weighted by atomic mass is 16.5. The van der Waals surface area contributed by atoms with Gasteiger partial charge in [0.2, 0.25) is 0 Å².